The van der Waals surface area contributed by atoms with Gasteiger partial charge in [-0.15, -0.1) is 0 Å². The van der Waals surface area contributed by atoms with Crippen LogP contribution >= 0.6 is 0 Å². The molecule has 5 heteroatoms. The average Bonchev–Trinajstić information content (AvgIpc) is 3.25. The predicted molar refractivity (Wildman–Crippen MR) is 97.8 cm³/mol. The average molecular weight is 343 g/mol. The van der Waals surface area contributed by atoms with E-state index in [2.05, 4.69) is 37.2 Å². The van der Waals surface area contributed by atoms with Crippen molar-refractivity contribution >= 4 is 5.91 Å². The number of imidazole rings is 1. The number of carbonyl (C=O) groups excluding carboxylic acids is 1. The van der Waals surface area contributed by atoms with Gasteiger partial charge in [0.2, 0.25) is 0 Å². The Morgan fingerprint density at radius 2 is 2.16 bits per heavy atom. The molecule has 25 heavy (non-hydrogen) atoms. The Bertz CT molecular complexity index is 751. The molecule has 1 amide bonds. The first-order valence-electron chi connectivity index (χ1n) is 9.23. The van der Waals surface area contributed by atoms with Crippen molar-refractivity contribution in [2.45, 2.75) is 71.9 Å². The lowest BCUT2D eigenvalue weighted by Gasteiger charge is -2.25. The van der Waals surface area contributed by atoms with Gasteiger partial charge in [0.05, 0.1) is 11.6 Å². The summed E-state index contributed by atoms with van der Waals surface area (Å²) < 4.78 is 8.05. The second-order valence-electron chi connectivity index (χ2n) is 7.97. The maximum Gasteiger partial charge on any atom is 0.257 e. The van der Waals surface area contributed by atoms with Gasteiger partial charge in [-0.25, -0.2) is 4.98 Å². The number of likely N-dealkylation sites (tertiary alicyclic amines) is 1. The zero-order chi connectivity index (χ0) is 18.2. The Kier molecular flexibility index (Phi) is 4.76. The molecule has 1 saturated heterocycles. The van der Waals surface area contributed by atoms with Crippen LogP contribution in [0.15, 0.2) is 22.9 Å². The van der Waals surface area contributed by atoms with Crippen LogP contribution in [0.4, 0.5) is 0 Å². The van der Waals surface area contributed by atoms with Crippen LogP contribution < -0.4 is 0 Å². The molecule has 0 bridgehead atoms. The second kappa shape index (κ2) is 6.70. The molecule has 3 heterocycles. The number of rotatable bonds is 4. The van der Waals surface area contributed by atoms with Crippen molar-refractivity contribution in [3.8, 4) is 0 Å². The summed E-state index contributed by atoms with van der Waals surface area (Å²) in [6.07, 6.45) is 6.85. The largest absolute Gasteiger partial charge is 0.465 e. The predicted octanol–water partition coefficient (Wildman–Crippen LogP) is 3.95. The molecule has 0 aromatic carbocycles. The maximum absolute atomic E-state index is 13.1. The van der Waals surface area contributed by atoms with Crippen molar-refractivity contribution in [1.82, 2.24) is 14.5 Å². The summed E-state index contributed by atoms with van der Waals surface area (Å²) in [5.41, 5.74) is 0.610. The minimum absolute atomic E-state index is 0.0948. The van der Waals surface area contributed by atoms with Gasteiger partial charge in [-0.05, 0) is 25.8 Å². The van der Waals surface area contributed by atoms with E-state index in [0.29, 0.717) is 5.56 Å². The number of carbonyl (C=O) groups is 1. The lowest BCUT2D eigenvalue weighted by molar-refractivity contribution is 0.0722. The molecule has 136 valence electrons. The van der Waals surface area contributed by atoms with E-state index in [1.165, 1.54) is 0 Å². The van der Waals surface area contributed by atoms with E-state index < -0.39 is 0 Å². The van der Waals surface area contributed by atoms with Crippen LogP contribution in [0.5, 0.6) is 0 Å². The summed E-state index contributed by atoms with van der Waals surface area (Å²) in [5.74, 6) is 2.76. The van der Waals surface area contributed by atoms with E-state index in [4.69, 9.17) is 4.42 Å². The molecule has 2 aromatic rings. The van der Waals surface area contributed by atoms with Gasteiger partial charge in [-0.3, -0.25) is 4.79 Å². The van der Waals surface area contributed by atoms with E-state index in [1.807, 2.05) is 30.3 Å². The van der Waals surface area contributed by atoms with Crippen LogP contribution in [0, 0.1) is 6.92 Å². The topological polar surface area (TPSA) is 51.3 Å². The highest BCUT2D eigenvalue weighted by Crippen LogP contribution is 2.29. The molecule has 0 N–H and O–H groups in total. The summed E-state index contributed by atoms with van der Waals surface area (Å²) >= 11 is 0. The smallest absolute Gasteiger partial charge is 0.257 e. The Labute approximate surface area is 150 Å². The van der Waals surface area contributed by atoms with Crippen LogP contribution in [0.2, 0.25) is 0 Å². The maximum atomic E-state index is 13.1. The Morgan fingerprint density at radius 1 is 1.40 bits per heavy atom. The number of nitrogens with zero attached hydrogens (tertiary/aromatic N) is 3. The second-order valence-corrected chi connectivity index (χ2v) is 7.97. The van der Waals surface area contributed by atoms with Gasteiger partial charge >= 0.3 is 0 Å². The molecule has 0 spiro atoms. The van der Waals surface area contributed by atoms with Crippen LogP contribution in [0.3, 0.4) is 0 Å². The van der Waals surface area contributed by atoms with Gasteiger partial charge in [0, 0.05) is 37.3 Å². The fourth-order valence-corrected chi connectivity index (χ4v) is 3.56. The molecule has 1 aliphatic heterocycles. The van der Waals surface area contributed by atoms with E-state index >= 15 is 0 Å². The van der Waals surface area contributed by atoms with Crippen LogP contribution in [-0.2, 0) is 18.4 Å². The van der Waals surface area contributed by atoms with E-state index in [1.54, 1.807) is 0 Å². The highest BCUT2D eigenvalue weighted by Gasteiger charge is 2.32. The lowest BCUT2D eigenvalue weighted by atomic mass is 9.93. The Morgan fingerprint density at radius 3 is 2.80 bits per heavy atom. The first-order chi connectivity index (χ1) is 11.8. The van der Waals surface area contributed by atoms with Crippen LogP contribution in [-0.4, -0.2) is 32.9 Å². The molecule has 0 unspecified atom stereocenters. The van der Waals surface area contributed by atoms with E-state index in [-0.39, 0.29) is 17.4 Å². The van der Waals surface area contributed by atoms with Crippen molar-refractivity contribution in [2.75, 3.05) is 6.54 Å². The summed E-state index contributed by atoms with van der Waals surface area (Å²) in [5, 5.41) is 0. The minimum atomic E-state index is -0.0967. The molecule has 0 radical (unpaired) electrons. The highest BCUT2D eigenvalue weighted by molar-refractivity contribution is 5.95. The quantitative estimate of drug-likeness (QED) is 0.844. The van der Waals surface area contributed by atoms with Gasteiger partial charge < -0.3 is 13.9 Å². The van der Waals surface area contributed by atoms with E-state index in [9.17, 15) is 4.79 Å². The molecule has 5 nitrogen and oxygen atoms in total. The fourth-order valence-electron chi connectivity index (χ4n) is 3.56. The summed E-state index contributed by atoms with van der Waals surface area (Å²) in [6, 6.07) is 2.15. The third kappa shape index (κ3) is 3.51. The molecule has 0 aliphatic carbocycles. The molecule has 1 fully saturated rings. The monoisotopic (exact) mass is 343 g/mol. The zero-order valence-corrected chi connectivity index (χ0v) is 16.0. The van der Waals surface area contributed by atoms with Gasteiger partial charge in [-0.1, -0.05) is 27.7 Å². The molecule has 1 aliphatic rings. The van der Waals surface area contributed by atoms with Gasteiger partial charge in [-0.2, -0.15) is 0 Å². The van der Waals surface area contributed by atoms with Gasteiger partial charge in [0.25, 0.3) is 5.91 Å². The summed E-state index contributed by atoms with van der Waals surface area (Å²) in [6.45, 7) is 11.9. The first kappa shape index (κ1) is 17.8. The van der Waals surface area contributed by atoms with Crippen molar-refractivity contribution in [3.63, 3.8) is 0 Å². The highest BCUT2D eigenvalue weighted by atomic mass is 16.3. The number of hydrogen-bond acceptors (Lipinski definition) is 3. The molecule has 3 rings (SSSR count). The molecule has 2 aromatic heterocycles. The number of aryl methyl sites for hydroxylation is 2. The van der Waals surface area contributed by atoms with Crippen molar-refractivity contribution in [3.05, 3.63) is 41.4 Å². The van der Waals surface area contributed by atoms with Gasteiger partial charge in [0.15, 0.2) is 0 Å². The standard InChI is InChI=1S/C20H29N3O2/c1-6-18-21-9-11-22(18)13-15-8-7-10-23(15)19(24)16-12-17(20(3,4)5)25-14(16)2/h9,11-12,15H,6-8,10,13H2,1-5H3/t15-/m1/s1. The minimum Gasteiger partial charge on any atom is -0.465 e. The van der Waals surface area contributed by atoms with Crippen LogP contribution in [0.25, 0.3) is 0 Å². The van der Waals surface area contributed by atoms with Crippen molar-refractivity contribution in [1.29, 1.82) is 0 Å². The molecule has 1 atom stereocenters. The van der Waals surface area contributed by atoms with E-state index in [0.717, 1.165) is 49.7 Å². The molecular weight excluding hydrogens is 314 g/mol. The molecule has 0 saturated carbocycles. The van der Waals surface area contributed by atoms with Crippen molar-refractivity contribution < 1.29 is 9.21 Å². The fraction of sp³-hybridized carbons (Fsp3) is 0.600. The zero-order valence-electron chi connectivity index (χ0n) is 16.0. The number of aromatic nitrogens is 2. The number of hydrogen-bond donors (Lipinski definition) is 0. The third-order valence-electron chi connectivity index (χ3n) is 5.05. The number of amides is 1. The number of furan rings is 1. The summed E-state index contributed by atoms with van der Waals surface area (Å²) in [4.78, 5) is 19.6. The first-order valence-corrected chi connectivity index (χ1v) is 9.23. The van der Waals surface area contributed by atoms with Crippen LogP contribution in [0.1, 0.15) is 68.2 Å². The Balaban J connectivity index is 1.80. The normalized spacial score (nSPS) is 18.1. The lowest BCUT2D eigenvalue weighted by Crippen LogP contribution is -2.38. The Hall–Kier alpha value is -2.04. The summed E-state index contributed by atoms with van der Waals surface area (Å²) in [7, 11) is 0. The SMILES string of the molecule is CCc1nccn1C[C@H]1CCCN1C(=O)c1cc(C(C)(C)C)oc1C. The van der Waals surface area contributed by atoms with Crippen molar-refractivity contribution in [2.24, 2.45) is 0 Å². The van der Waals surface area contributed by atoms with Gasteiger partial charge in [0.1, 0.15) is 17.3 Å². The molecular formula is C20H29N3O2. The third-order valence-corrected chi connectivity index (χ3v) is 5.05.